The Balaban J connectivity index is 2.55. The van der Waals surface area contributed by atoms with E-state index >= 15 is 0 Å². The van der Waals surface area contributed by atoms with Gasteiger partial charge in [-0.15, -0.1) is 0 Å². The van der Waals surface area contributed by atoms with Crippen molar-refractivity contribution in [2.45, 2.75) is 12.5 Å². The highest BCUT2D eigenvalue weighted by molar-refractivity contribution is 9.10. The molecule has 0 fully saturated rings. The number of amides is 1. The summed E-state index contributed by atoms with van der Waals surface area (Å²) in [4.78, 5) is 11.5. The lowest BCUT2D eigenvalue weighted by Gasteiger charge is -2.26. The molecule has 0 spiro atoms. The molecular formula is C12H15BrFNO4. The van der Waals surface area contributed by atoms with Gasteiger partial charge in [-0.1, -0.05) is 15.9 Å². The first-order valence-corrected chi connectivity index (χ1v) is 6.30. The smallest absolute Gasteiger partial charge is 0.258 e. The maximum atomic E-state index is 13.4. The van der Waals surface area contributed by atoms with E-state index in [-0.39, 0.29) is 5.75 Å². The SMILES string of the molecule is CC(CO)(CO)NC(=O)COc1ccc(Br)cc1F. The summed E-state index contributed by atoms with van der Waals surface area (Å²) in [6, 6.07) is 4.20. The molecule has 106 valence electrons. The number of ether oxygens (including phenoxy) is 1. The Morgan fingerprint density at radius 1 is 1.47 bits per heavy atom. The van der Waals surface area contributed by atoms with Crippen LogP contribution in [0.4, 0.5) is 4.39 Å². The highest BCUT2D eigenvalue weighted by Crippen LogP contribution is 2.21. The number of aliphatic hydroxyl groups excluding tert-OH is 2. The van der Waals surface area contributed by atoms with Crippen LogP contribution in [0.5, 0.6) is 5.75 Å². The van der Waals surface area contributed by atoms with Crippen molar-refractivity contribution in [2.75, 3.05) is 19.8 Å². The fourth-order valence-electron chi connectivity index (χ4n) is 1.24. The zero-order chi connectivity index (χ0) is 14.5. The van der Waals surface area contributed by atoms with Crippen molar-refractivity contribution in [2.24, 2.45) is 0 Å². The van der Waals surface area contributed by atoms with Crippen LogP contribution in [0, 0.1) is 5.82 Å². The third kappa shape index (κ3) is 4.77. The van der Waals surface area contributed by atoms with Gasteiger partial charge in [0.15, 0.2) is 18.2 Å². The van der Waals surface area contributed by atoms with Crippen molar-refractivity contribution in [1.29, 1.82) is 0 Å². The van der Waals surface area contributed by atoms with E-state index in [1.807, 2.05) is 0 Å². The maximum absolute atomic E-state index is 13.4. The summed E-state index contributed by atoms with van der Waals surface area (Å²) in [5, 5.41) is 20.4. The molecule has 1 aromatic carbocycles. The molecule has 0 aliphatic carbocycles. The number of carbonyl (C=O) groups is 1. The molecule has 0 saturated heterocycles. The fraction of sp³-hybridized carbons (Fsp3) is 0.417. The van der Waals surface area contributed by atoms with Crippen molar-refractivity contribution >= 4 is 21.8 Å². The molecule has 5 nitrogen and oxygen atoms in total. The number of hydrogen-bond donors (Lipinski definition) is 3. The van der Waals surface area contributed by atoms with Crippen LogP contribution in [0.3, 0.4) is 0 Å². The first kappa shape index (κ1) is 15.9. The van der Waals surface area contributed by atoms with E-state index in [9.17, 15) is 9.18 Å². The second-order valence-corrected chi connectivity index (χ2v) is 5.20. The van der Waals surface area contributed by atoms with E-state index in [0.717, 1.165) is 0 Å². The molecule has 0 bridgehead atoms. The molecule has 19 heavy (non-hydrogen) atoms. The molecule has 1 amide bonds. The number of hydrogen-bond acceptors (Lipinski definition) is 4. The van der Waals surface area contributed by atoms with Crippen LogP contribution in [-0.4, -0.2) is 41.5 Å². The van der Waals surface area contributed by atoms with Crippen LogP contribution in [0.15, 0.2) is 22.7 Å². The van der Waals surface area contributed by atoms with Crippen molar-refractivity contribution in [3.05, 3.63) is 28.5 Å². The van der Waals surface area contributed by atoms with Gasteiger partial charge < -0.3 is 20.3 Å². The van der Waals surface area contributed by atoms with Gasteiger partial charge in [0.2, 0.25) is 0 Å². The lowest BCUT2D eigenvalue weighted by Crippen LogP contribution is -2.53. The van der Waals surface area contributed by atoms with E-state index in [2.05, 4.69) is 21.2 Å². The van der Waals surface area contributed by atoms with E-state index in [1.165, 1.54) is 19.1 Å². The zero-order valence-electron chi connectivity index (χ0n) is 10.3. The van der Waals surface area contributed by atoms with Gasteiger partial charge in [0, 0.05) is 4.47 Å². The second kappa shape index (κ2) is 6.83. The summed E-state index contributed by atoms with van der Waals surface area (Å²) in [7, 11) is 0. The standard InChI is InChI=1S/C12H15BrFNO4/c1-12(6-16,7-17)15-11(18)5-19-10-3-2-8(13)4-9(10)14/h2-4,16-17H,5-7H2,1H3,(H,15,18). The highest BCUT2D eigenvalue weighted by atomic mass is 79.9. The molecule has 7 heteroatoms. The van der Waals surface area contributed by atoms with Gasteiger partial charge in [-0.2, -0.15) is 0 Å². The Hall–Kier alpha value is -1.18. The largest absolute Gasteiger partial charge is 0.481 e. The lowest BCUT2D eigenvalue weighted by molar-refractivity contribution is -0.126. The average Bonchev–Trinajstić information content (AvgIpc) is 2.37. The second-order valence-electron chi connectivity index (χ2n) is 4.29. The predicted octanol–water partition coefficient (Wildman–Crippen LogP) is 0.826. The first-order chi connectivity index (χ1) is 8.90. The summed E-state index contributed by atoms with van der Waals surface area (Å²) in [6.07, 6.45) is 0. The lowest BCUT2D eigenvalue weighted by atomic mass is 10.1. The molecule has 0 aromatic heterocycles. The first-order valence-electron chi connectivity index (χ1n) is 5.51. The average molecular weight is 336 g/mol. The monoisotopic (exact) mass is 335 g/mol. The highest BCUT2D eigenvalue weighted by Gasteiger charge is 2.24. The van der Waals surface area contributed by atoms with Gasteiger partial charge in [-0.25, -0.2) is 4.39 Å². The number of benzene rings is 1. The van der Waals surface area contributed by atoms with Gasteiger partial charge in [0.25, 0.3) is 5.91 Å². The Kier molecular flexibility index (Phi) is 5.71. The van der Waals surface area contributed by atoms with Crippen LogP contribution in [0.25, 0.3) is 0 Å². The van der Waals surface area contributed by atoms with Gasteiger partial charge in [0.1, 0.15) is 0 Å². The fourth-order valence-corrected chi connectivity index (χ4v) is 1.57. The van der Waals surface area contributed by atoms with E-state index < -0.39 is 37.1 Å². The summed E-state index contributed by atoms with van der Waals surface area (Å²) in [5.41, 5.74) is -1.13. The van der Waals surface area contributed by atoms with Crippen molar-refractivity contribution < 1.29 is 24.1 Å². The Labute approximate surface area is 118 Å². The molecule has 0 aliphatic rings. The summed E-state index contributed by atoms with van der Waals surface area (Å²) >= 11 is 3.10. The van der Waals surface area contributed by atoms with Gasteiger partial charge >= 0.3 is 0 Å². The minimum absolute atomic E-state index is 0.0481. The molecule has 0 radical (unpaired) electrons. The van der Waals surface area contributed by atoms with Crippen molar-refractivity contribution in [3.8, 4) is 5.75 Å². The third-order valence-electron chi connectivity index (χ3n) is 2.39. The van der Waals surface area contributed by atoms with Crippen LogP contribution < -0.4 is 10.1 Å². The van der Waals surface area contributed by atoms with Crippen molar-refractivity contribution in [1.82, 2.24) is 5.32 Å². The molecular weight excluding hydrogens is 321 g/mol. The van der Waals surface area contributed by atoms with Crippen LogP contribution >= 0.6 is 15.9 Å². The molecule has 1 aromatic rings. The van der Waals surface area contributed by atoms with Gasteiger partial charge in [0.05, 0.1) is 18.8 Å². The minimum atomic E-state index is -1.13. The minimum Gasteiger partial charge on any atom is -0.481 e. The zero-order valence-corrected chi connectivity index (χ0v) is 11.9. The molecule has 0 heterocycles. The molecule has 0 unspecified atom stereocenters. The molecule has 3 N–H and O–H groups in total. The van der Waals surface area contributed by atoms with Crippen LogP contribution in [0.2, 0.25) is 0 Å². The number of nitrogens with one attached hydrogen (secondary N) is 1. The molecule has 1 rings (SSSR count). The predicted molar refractivity (Wildman–Crippen MR) is 70.3 cm³/mol. The van der Waals surface area contributed by atoms with Crippen LogP contribution in [0.1, 0.15) is 6.92 Å². The van der Waals surface area contributed by atoms with Crippen LogP contribution in [-0.2, 0) is 4.79 Å². The maximum Gasteiger partial charge on any atom is 0.258 e. The Morgan fingerprint density at radius 2 is 2.11 bits per heavy atom. The summed E-state index contributed by atoms with van der Waals surface area (Å²) in [5.74, 6) is -1.20. The summed E-state index contributed by atoms with van der Waals surface area (Å²) in [6.45, 7) is 0.239. The third-order valence-corrected chi connectivity index (χ3v) is 2.89. The molecule has 0 aliphatic heterocycles. The number of aliphatic hydroxyl groups is 2. The Bertz CT molecular complexity index is 451. The van der Waals surface area contributed by atoms with E-state index in [1.54, 1.807) is 6.07 Å². The molecule has 0 atom stereocenters. The molecule has 0 saturated carbocycles. The number of rotatable bonds is 6. The van der Waals surface area contributed by atoms with Crippen molar-refractivity contribution in [3.63, 3.8) is 0 Å². The normalized spacial score (nSPS) is 11.2. The van der Waals surface area contributed by atoms with Gasteiger partial charge in [-0.3, -0.25) is 4.79 Å². The quantitative estimate of drug-likeness (QED) is 0.719. The van der Waals surface area contributed by atoms with E-state index in [4.69, 9.17) is 14.9 Å². The number of carbonyl (C=O) groups excluding carboxylic acids is 1. The topological polar surface area (TPSA) is 78.8 Å². The summed E-state index contributed by atoms with van der Waals surface area (Å²) < 4.78 is 19.0. The number of halogens is 2. The van der Waals surface area contributed by atoms with E-state index in [0.29, 0.717) is 4.47 Å². The van der Waals surface area contributed by atoms with Gasteiger partial charge in [-0.05, 0) is 25.1 Å². The Morgan fingerprint density at radius 3 is 2.63 bits per heavy atom.